The van der Waals surface area contributed by atoms with Crippen molar-refractivity contribution in [2.24, 2.45) is 0 Å². The molecule has 0 aromatic heterocycles. The average Bonchev–Trinajstić information content (AvgIpc) is 1.65. The zero-order valence-corrected chi connectivity index (χ0v) is 3.33. The van der Waals surface area contributed by atoms with Gasteiger partial charge in [-0.3, -0.25) is 0 Å². The summed E-state index contributed by atoms with van der Waals surface area (Å²) >= 11 is 0. The summed E-state index contributed by atoms with van der Waals surface area (Å²) in [7, 11) is 0. The molecule has 0 bridgehead atoms. The van der Waals surface area contributed by atoms with Crippen LogP contribution >= 0.6 is 0 Å². The van der Waals surface area contributed by atoms with Gasteiger partial charge < -0.3 is 15.3 Å². The molecule has 0 aliphatic rings. The van der Waals surface area contributed by atoms with Crippen molar-refractivity contribution in [1.82, 2.24) is 0 Å². The molecule has 0 fully saturated rings. The van der Waals surface area contributed by atoms with Crippen molar-refractivity contribution < 1.29 is 15.3 Å². The number of hydrogen-bond acceptors (Lipinski definition) is 3. The summed E-state index contributed by atoms with van der Waals surface area (Å²) in [5.74, 6) is 0. The Labute approximate surface area is 82.4 Å². The molecule has 0 radical (unpaired) electrons. The fourth-order valence-corrected chi connectivity index (χ4v) is 0.0577. The molecule has 0 aromatic rings. The Morgan fingerprint density at radius 2 is 1.43 bits per heavy atom. The van der Waals surface area contributed by atoms with Crippen molar-refractivity contribution in [2.75, 3.05) is 13.2 Å². The van der Waals surface area contributed by atoms with Gasteiger partial charge in [0.15, 0.2) is 0 Å². The van der Waals surface area contributed by atoms with Gasteiger partial charge >= 0.3 is 48.9 Å². The Balaban J connectivity index is 0. The molecule has 0 aromatic carbocycles. The molecule has 4 heteroatoms. The molecular formula is C3H10BaO3. The molecule has 0 amide bonds. The van der Waals surface area contributed by atoms with E-state index in [4.69, 9.17) is 15.3 Å². The summed E-state index contributed by atoms with van der Waals surface area (Å²) in [4.78, 5) is 0. The Hall–Kier alpha value is 1.45. The van der Waals surface area contributed by atoms with E-state index in [2.05, 4.69) is 0 Å². The second-order valence-electron chi connectivity index (χ2n) is 1.02. The molecular weight excluding hydrogens is 221 g/mol. The Bertz CT molecular complexity index is 29.4. The summed E-state index contributed by atoms with van der Waals surface area (Å²) < 4.78 is 0. The summed E-state index contributed by atoms with van der Waals surface area (Å²) in [6, 6.07) is 0. The average molecular weight is 231 g/mol. The van der Waals surface area contributed by atoms with E-state index in [-0.39, 0.29) is 62.1 Å². The van der Waals surface area contributed by atoms with Gasteiger partial charge in [0.05, 0.1) is 13.2 Å². The van der Waals surface area contributed by atoms with Crippen LogP contribution in [-0.2, 0) is 0 Å². The van der Waals surface area contributed by atoms with Gasteiger partial charge in [-0.25, -0.2) is 0 Å². The van der Waals surface area contributed by atoms with Crippen LogP contribution in [0.3, 0.4) is 0 Å². The van der Waals surface area contributed by atoms with Crippen LogP contribution in [0.25, 0.3) is 0 Å². The van der Waals surface area contributed by atoms with Gasteiger partial charge in [0.2, 0.25) is 0 Å². The van der Waals surface area contributed by atoms with Crippen LogP contribution in [0, 0.1) is 0 Å². The van der Waals surface area contributed by atoms with E-state index in [1.165, 1.54) is 0 Å². The predicted octanol–water partition coefficient (Wildman–Crippen LogP) is -2.58. The first kappa shape index (κ1) is 11.3. The van der Waals surface area contributed by atoms with Crippen molar-refractivity contribution >= 4 is 48.9 Å². The fraction of sp³-hybridized carbons (Fsp3) is 1.00. The molecule has 0 heterocycles. The monoisotopic (exact) mass is 232 g/mol. The van der Waals surface area contributed by atoms with Crippen LogP contribution in [0.1, 0.15) is 0 Å². The quantitative estimate of drug-likeness (QED) is 0.457. The number of aliphatic hydroxyl groups excluding tert-OH is 3. The first-order valence-electron chi connectivity index (χ1n) is 1.71. The maximum atomic E-state index is 8.17. The normalized spacial score (nSPS) is 8.57. The molecule has 0 saturated carbocycles. The second-order valence-corrected chi connectivity index (χ2v) is 1.02. The van der Waals surface area contributed by atoms with Crippen molar-refractivity contribution in [1.29, 1.82) is 0 Å². The van der Waals surface area contributed by atoms with Crippen LogP contribution in [0.5, 0.6) is 0 Å². The Morgan fingerprint density at radius 1 is 1.14 bits per heavy atom. The van der Waals surface area contributed by atoms with Crippen LogP contribution in [0.4, 0.5) is 0 Å². The Morgan fingerprint density at radius 3 is 1.43 bits per heavy atom. The van der Waals surface area contributed by atoms with E-state index < -0.39 is 6.10 Å². The number of aliphatic hydroxyl groups is 3. The van der Waals surface area contributed by atoms with Gasteiger partial charge in [0.1, 0.15) is 6.10 Å². The molecule has 3 N–H and O–H groups in total. The standard InChI is InChI=1S/C3H8O3.Ba.2H/c4-1-3(6)2-5;;;/h3-6H,1-2H2;;;. The maximum absolute atomic E-state index is 8.17. The number of hydrogen-bond donors (Lipinski definition) is 3. The van der Waals surface area contributed by atoms with E-state index in [1.54, 1.807) is 0 Å². The van der Waals surface area contributed by atoms with Crippen LogP contribution in [0.2, 0.25) is 0 Å². The third kappa shape index (κ3) is 7.45. The molecule has 0 atom stereocenters. The molecule has 0 aliphatic heterocycles. The van der Waals surface area contributed by atoms with Gasteiger partial charge in [-0.15, -0.1) is 0 Å². The minimum atomic E-state index is -0.954. The predicted molar refractivity (Wildman–Crippen MR) is 28.7 cm³/mol. The third-order valence-corrected chi connectivity index (χ3v) is 0.421. The first-order chi connectivity index (χ1) is 2.81. The zero-order valence-electron chi connectivity index (χ0n) is 3.33. The summed E-state index contributed by atoms with van der Waals surface area (Å²) in [6.45, 7) is -0.729. The minimum absolute atomic E-state index is 0. The van der Waals surface area contributed by atoms with Crippen LogP contribution < -0.4 is 0 Å². The second kappa shape index (κ2) is 7.45. The molecule has 0 rings (SSSR count). The van der Waals surface area contributed by atoms with Crippen molar-refractivity contribution in [3.05, 3.63) is 0 Å². The fourth-order valence-electron chi connectivity index (χ4n) is 0.0577. The van der Waals surface area contributed by atoms with Gasteiger partial charge in [-0.2, -0.15) is 0 Å². The van der Waals surface area contributed by atoms with Crippen molar-refractivity contribution in [3.8, 4) is 0 Å². The van der Waals surface area contributed by atoms with E-state index in [0.717, 1.165) is 0 Å². The van der Waals surface area contributed by atoms with Crippen LogP contribution in [0.15, 0.2) is 0 Å². The first-order valence-corrected chi connectivity index (χ1v) is 1.71. The summed E-state index contributed by atoms with van der Waals surface area (Å²) in [5.41, 5.74) is 0. The summed E-state index contributed by atoms with van der Waals surface area (Å²) in [5, 5.41) is 24.0. The van der Waals surface area contributed by atoms with E-state index in [9.17, 15) is 0 Å². The van der Waals surface area contributed by atoms with Gasteiger partial charge in [0, 0.05) is 0 Å². The topological polar surface area (TPSA) is 60.7 Å². The van der Waals surface area contributed by atoms with E-state index in [1.807, 2.05) is 0 Å². The third-order valence-electron chi connectivity index (χ3n) is 0.421. The molecule has 0 spiro atoms. The molecule has 0 aliphatic carbocycles. The molecule has 0 unspecified atom stereocenters. The van der Waals surface area contributed by atoms with Crippen molar-refractivity contribution in [2.45, 2.75) is 6.10 Å². The van der Waals surface area contributed by atoms with Crippen molar-refractivity contribution in [3.63, 3.8) is 0 Å². The zero-order chi connectivity index (χ0) is 4.99. The number of rotatable bonds is 2. The van der Waals surface area contributed by atoms with Gasteiger partial charge in [-0.1, -0.05) is 0 Å². The van der Waals surface area contributed by atoms with E-state index >= 15 is 0 Å². The van der Waals surface area contributed by atoms with Gasteiger partial charge in [0.25, 0.3) is 0 Å². The van der Waals surface area contributed by atoms with E-state index in [0.29, 0.717) is 0 Å². The molecule has 42 valence electrons. The molecule has 3 nitrogen and oxygen atoms in total. The Kier molecular flexibility index (Phi) is 12.0. The van der Waals surface area contributed by atoms with Gasteiger partial charge in [-0.05, 0) is 0 Å². The summed E-state index contributed by atoms with van der Waals surface area (Å²) in [6.07, 6.45) is -0.954. The van der Waals surface area contributed by atoms with Crippen LogP contribution in [-0.4, -0.2) is 83.5 Å². The molecule has 7 heavy (non-hydrogen) atoms. The SMILES string of the molecule is OCC(O)CO.[BaH2]. The molecule has 0 saturated heterocycles.